The van der Waals surface area contributed by atoms with Crippen molar-refractivity contribution in [3.8, 4) is 0 Å². The van der Waals surface area contributed by atoms with Crippen LogP contribution >= 0.6 is 0 Å². The van der Waals surface area contributed by atoms with Gasteiger partial charge in [-0.15, -0.1) is 0 Å². The second-order valence-corrected chi connectivity index (χ2v) is 8.55. The predicted octanol–water partition coefficient (Wildman–Crippen LogP) is 3.60. The van der Waals surface area contributed by atoms with Crippen LogP contribution in [0.1, 0.15) is 37.7 Å². The third-order valence-electron chi connectivity index (χ3n) is 4.77. The summed E-state index contributed by atoms with van der Waals surface area (Å²) in [7, 11) is -3.45. The lowest BCUT2D eigenvalue weighted by Crippen LogP contribution is -2.35. The Morgan fingerprint density at radius 1 is 0.962 bits per heavy atom. The van der Waals surface area contributed by atoms with Crippen molar-refractivity contribution in [3.63, 3.8) is 0 Å². The molecule has 1 aliphatic heterocycles. The molecule has 26 heavy (non-hydrogen) atoms. The first-order chi connectivity index (χ1) is 12.5. The van der Waals surface area contributed by atoms with Crippen LogP contribution in [0.3, 0.4) is 0 Å². The van der Waals surface area contributed by atoms with Crippen molar-refractivity contribution in [2.75, 3.05) is 18.4 Å². The fraction of sp³-hybridized carbons (Fsp3) is 0.350. The first-order valence-corrected chi connectivity index (χ1v) is 10.4. The van der Waals surface area contributed by atoms with Gasteiger partial charge in [0, 0.05) is 18.8 Å². The van der Waals surface area contributed by atoms with Gasteiger partial charge >= 0.3 is 0 Å². The minimum absolute atomic E-state index is 0.122. The molecule has 5 nitrogen and oxygen atoms in total. The van der Waals surface area contributed by atoms with Gasteiger partial charge in [0.1, 0.15) is 0 Å². The number of carbonyl (C=O) groups is 1. The fourth-order valence-electron chi connectivity index (χ4n) is 3.11. The molecule has 1 saturated heterocycles. The summed E-state index contributed by atoms with van der Waals surface area (Å²) in [6.45, 7) is 3.00. The maximum Gasteiger partial charge on any atom is 0.243 e. The average molecular weight is 372 g/mol. The van der Waals surface area contributed by atoms with Gasteiger partial charge in [-0.05, 0) is 49.6 Å². The molecule has 1 amide bonds. The lowest BCUT2D eigenvalue weighted by atomic mass is 10.0. The van der Waals surface area contributed by atoms with E-state index < -0.39 is 10.0 Å². The van der Waals surface area contributed by atoms with Crippen LogP contribution in [0.5, 0.6) is 0 Å². The van der Waals surface area contributed by atoms with E-state index in [4.69, 9.17) is 0 Å². The maximum absolute atomic E-state index is 12.7. The smallest absolute Gasteiger partial charge is 0.243 e. The van der Waals surface area contributed by atoms with Gasteiger partial charge < -0.3 is 5.32 Å². The molecule has 0 spiro atoms. The third-order valence-corrected chi connectivity index (χ3v) is 6.68. The first-order valence-electron chi connectivity index (χ1n) is 8.94. The summed E-state index contributed by atoms with van der Waals surface area (Å²) in [5.41, 5.74) is 1.53. The van der Waals surface area contributed by atoms with E-state index >= 15 is 0 Å². The Kier molecular flexibility index (Phi) is 5.74. The summed E-state index contributed by atoms with van der Waals surface area (Å²) >= 11 is 0. The Morgan fingerprint density at radius 3 is 2.19 bits per heavy atom. The Hall–Kier alpha value is -2.18. The highest BCUT2D eigenvalue weighted by Gasteiger charge is 2.25. The number of piperidine rings is 1. The third kappa shape index (κ3) is 4.14. The number of hydrogen-bond acceptors (Lipinski definition) is 3. The summed E-state index contributed by atoms with van der Waals surface area (Å²) in [5.74, 6) is -0.407. The number of carbonyl (C=O) groups excluding carboxylic acids is 1. The van der Waals surface area contributed by atoms with Gasteiger partial charge in [-0.25, -0.2) is 8.42 Å². The van der Waals surface area contributed by atoms with Crippen LogP contribution in [0.25, 0.3) is 0 Å². The number of hydrogen-bond donors (Lipinski definition) is 1. The summed E-state index contributed by atoms with van der Waals surface area (Å²) in [6, 6.07) is 16.0. The van der Waals surface area contributed by atoms with Crippen LogP contribution in [0.2, 0.25) is 0 Å². The number of anilines is 1. The lowest BCUT2D eigenvalue weighted by molar-refractivity contribution is -0.117. The number of rotatable bonds is 5. The van der Waals surface area contributed by atoms with E-state index in [1.165, 1.54) is 0 Å². The zero-order chi connectivity index (χ0) is 18.6. The van der Waals surface area contributed by atoms with E-state index in [9.17, 15) is 13.2 Å². The van der Waals surface area contributed by atoms with Gasteiger partial charge in [0.2, 0.25) is 15.9 Å². The van der Waals surface area contributed by atoms with Crippen LogP contribution in [0.4, 0.5) is 5.69 Å². The van der Waals surface area contributed by atoms with E-state index in [-0.39, 0.29) is 16.7 Å². The number of benzene rings is 2. The molecule has 1 heterocycles. The van der Waals surface area contributed by atoms with E-state index in [1.807, 2.05) is 37.3 Å². The minimum atomic E-state index is -3.45. The van der Waals surface area contributed by atoms with Gasteiger partial charge in [0.15, 0.2) is 0 Å². The summed E-state index contributed by atoms with van der Waals surface area (Å²) in [6.07, 6.45) is 2.89. The van der Waals surface area contributed by atoms with Gasteiger partial charge in [-0.2, -0.15) is 4.31 Å². The maximum atomic E-state index is 12.7. The topological polar surface area (TPSA) is 66.5 Å². The molecule has 0 bridgehead atoms. The molecule has 1 fully saturated rings. The van der Waals surface area contributed by atoms with E-state index in [0.29, 0.717) is 18.8 Å². The Morgan fingerprint density at radius 2 is 1.58 bits per heavy atom. The van der Waals surface area contributed by atoms with Crippen molar-refractivity contribution in [2.24, 2.45) is 0 Å². The van der Waals surface area contributed by atoms with Crippen molar-refractivity contribution in [2.45, 2.75) is 37.0 Å². The van der Waals surface area contributed by atoms with Crippen molar-refractivity contribution < 1.29 is 13.2 Å². The van der Waals surface area contributed by atoms with Gasteiger partial charge in [-0.3, -0.25) is 4.79 Å². The quantitative estimate of drug-likeness (QED) is 0.872. The summed E-state index contributed by atoms with van der Waals surface area (Å²) < 4.78 is 26.8. The van der Waals surface area contributed by atoms with Gasteiger partial charge in [0.25, 0.3) is 0 Å². The van der Waals surface area contributed by atoms with E-state index in [0.717, 1.165) is 24.8 Å². The molecule has 1 N–H and O–H groups in total. The number of nitrogens with one attached hydrogen (secondary N) is 1. The number of amides is 1. The standard InChI is InChI=1S/C20H24N2O3S/c1-16(17-8-4-2-5-9-17)20(23)21-18-10-12-19(13-11-18)26(24,25)22-14-6-3-7-15-22/h2,4-5,8-13,16H,3,6-7,14-15H2,1H3,(H,21,23)/t16-/m1/s1. The molecule has 138 valence electrons. The second-order valence-electron chi connectivity index (χ2n) is 6.61. The normalized spacial score (nSPS) is 16.8. The van der Waals surface area contributed by atoms with Crippen molar-refractivity contribution in [3.05, 3.63) is 60.2 Å². The molecule has 0 saturated carbocycles. The zero-order valence-electron chi connectivity index (χ0n) is 14.9. The molecule has 2 aromatic carbocycles. The predicted molar refractivity (Wildman–Crippen MR) is 103 cm³/mol. The lowest BCUT2D eigenvalue weighted by Gasteiger charge is -2.25. The van der Waals surface area contributed by atoms with E-state index in [2.05, 4.69) is 5.32 Å². The molecule has 0 aliphatic carbocycles. The molecule has 2 aromatic rings. The number of sulfonamides is 1. The van der Waals surface area contributed by atoms with Crippen LogP contribution < -0.4 is 5.32 Å². The Bertz CT molecular complexity index is 842. The van der Waals surface area contributed by atoms with Crippen LogP contribution in [-0.4, -0.2) is 31.7 Å². The highest BCUT2D eigenvalue weighted by Crippen LogP contribution is 2.23. The molecule has 1 aliphatic rings. The largest absolute Gasteiger partial charge is 0.326 e. The SMILES string of the molecule is C[C@@H](C(=O)Nc1ccc(S(=O)(=O)N2CCCCC2)cc1)c1ccccc1. The highest BCUT2D eigenvalue weighted by atomic mass is 32.2. The molecule has 0 radical (unpaired) electrons. The number of nitrogens with zero attached hydrogens (tertiary/aromatic N) is 1. The van der Waals surface area contributed by atoms with Crippen molar-refractivity contribution in [1.29, 1.82) is 0 Å². The molecular formula is C20H24N2O3S. The van der Waals surface area contributed by atoms with Gasteiger partial charge in [-0.1, -0.05) is 36.8 Å². The van der Waals surface area contributed by atoms with Gasteiger partial charge in [0.05, 0.1) is 10.8 Å². The highest BCUT2D eigenvalue weighted by molar-refractivity contribution is 7.89. The van der Waals surface area contributed by atoms with Crippen LogP contribution in [0, 0.1) is 0 Å². The molecule has 6 heteroatoms. The molecule has 3 rings (SSSR count). The molecule has 0 aromatic heterocycles. The van der Waals surface area contributed by atoms with Crippen LogP contribution in [-0.2, 0) is 14.8 Å². The van der Waals surface area contributed by atoms with Crippen molar-refractivity contribution in [1.82, 2.24) is 4.31 Å². The first kappa shape index (κ1) is 18.6. The Balaban J connectivity index is 1.68. The zero-order valence-corrected chi connectivity index (χ0v) is 15.7. The fourth-order valence-corrected chi connectivity index (χ4v) is 4.63. The second kappa shape index (κ2) is 8.01. The molecular weight excluding hydrogens is 348 g/mol. The minimum Gasteiger partial charge on any atom is -0.326 e. The average Bonchev–Trinajstić information content (AvgIpc) is 2.69. The molecule has 0 unspecified atom stereocenters. The van der Waals surface area contributed by atoms with E-state index in [1.54, 1.807) is 28.6 Å². The molecule has 1 atom stereocenters. The monoisotopic (exact) mass is 372 g/mol. The Labute approximate surface area is 155 Å². The summed E-state index contributed by atoms with van der Waals surface area (Å²) in [4.78, 5) is 12.7. The summed E-state index contributed by atoms with van der Waals surface area (Å²) in [5, 5.41) is 2.85. The van der Waals surface area contributed by atoms with Crippen molar-refractivity contribution >= 4 is 21.6 Å². The van der Waals surface area contributed by atoms with Crippen LogP contribution in [0.15, 0.2) is 59.5 Å².